The Morgan fingerprint density at radius 2 is 1.78 bits per heavy atom. The number of aromatic nitrogens is 2. The molecule has 1 amide bonds. The van der Waals surface area contributed by atoms with Crippen molar-refractivity contribution in [3.63, 3.8) is 0 Å². The lowest BCUT2D eigenvalue weighted by Gasteiger charge is -2.34. The molecule has 1 N–H and O–H groups in total. The zero-order valence-electron chi connectivity index (χ0n) is 15.1. The summed E-state index contributed by atoms with van der Waals surface area (Å²) in [6.45, 7) is 5.05. The second-order valence-electron chi connectivity index (χ2n) is 6.91. The summed E-state index contributed by atoms with van der Waals surface area (Å²) in [4.78, 5) is 26.2. The number of fused-ring (bicyclic) bond motifs is 2. The van der Waals surface area contributed by atoms with Crippen LogP contribution in [0.3, 0.4) is 0 Å². The molecule has 0 radical (unpaired) electrons. The van der Waals surface area contributed by atoms with Crippen molar-refractivity contribution >= 4 is 44.3 Å². The van der Waals surface area contributed by atoms with Crippen LogP contribution in [0.4, 0.5) is 5.95 Å². The first kappa shape index (κ1) is 16.3. The van der Waals surface area contributed by atoms with Gasteiger partial charge in [0, 0.05) is 30.9 Å². The molecule has 0 aliphatic carbocycles. The van der Waals surface area contributed by atoms with Gasteiger partial charge in [-0.25, -0.2) is 4.98 Å². The van der Waals surface area contributed by atoms with Crippen LogP contribution in [-0.4, -0.2) is 47.0 Å². The molecule has 4 aromatic rings. The van der Waals surface area contributed by atoms with Gasteiger partial charge in [-0.05, 0) is 36.1 Å². The molecule has 6 heteroatoms. The summed E-state index contributed by atoms with van der Waals surface area (Å²) >= 11 is 1.60. The smallest absolute Gasteiger partial charge is 0.264 e. The molecule has 1 fully saturated rings. The van der Waals surface area contributed by atoms with Crippen molar-refractivity contribution in [2.24, 2.45) is 0 Å². The van der Waals surface area contributed by atoms with E-state index in [4.69, 9.17) is 0 Å². The van der Waals surface area contributed by atoms with Gasteiger partial charge in [0.25, 0.3) is 5.91 Å². The lowest BCUT2D eigenvalue weighted by Crippen LogP contribution is -2.49. The third kappa shape index (κ3) is 2.77. The van der Waals surface area contributed by atoms with E-state index in [0.717, 1.165) is 40.5 Å². The van der Waals surface area contributed by atoms with Crippen LogP contribution in [0, 0.1) is 6.92 Å². The third-order valence-corrected chi connectivity index (χ3v) is 6.54. The fourth-order valence-electron chi connectivity index (χ4n) is 3.73. The van der Waals surface area contributed by atoms with Crippen molar-refractivity contribution in [2.75, 3.05) is 31.1 Å². The van der Waals surface area contributed by atoms with Crippen molar-refractivity contribution in [2.45, 2.75) is 6.92 Å². The summed E-state index contributed by atoms with van der Waals surface area (Å²) in [5.41, 5.74) is 3.12. The molecule has 3 heterocycles. The number of benzene rings is 2. The number of H-pyrrole nitrogens is 1. The summed E-state index contributed by atoms with van der Waals surface area (Å²) in [6, 6.07) is 16.3. The predicted molar refractivity (Wildman–Crippen MR) is 111 cm³/mol. The minimum atomic E-state index is 0.151. The zero-order chi connectivity index (χ0) is 18.4. The van der Waals surface area contributed by atoms with Gasteiger partial charge in [-0.2, -0.15) is 0 Å². The van der Waals surface area contributed by atoms with Gasteiger partial charge in [0.1, 0.15) is 0 Å². The molecule has 5 rings (SSSR count). The molecule has 1 aliphatic rings. The van der Waals surface area contributed by atoms with Crippen LogP contribution in [0.5, 0.6) is 0 Å². The first-order chi connectivity index (χ1) is 13.2. The van der Waals surface area contributed by atoms with E-state index in [9.17, 15) is 4.79 Å². The van der Waals surface area contributed by atoms with Crippen molar-refractivity contribution in [3.05, 3.63) is 59.0 Å². The van der Waals surface area contributed by atoms with Gasteiger partial charge in [-0.15, -0.1) is 11.3 Å². The van der Waals surface area contributed by atoms with Gasteiger partial charge in [0.05, 0.1) is 15.9 Å². The molecule has 2 aromatic heterocycles. The number of hydrogen-bond acceptors (Lipinski definition) is 4. The van der Waals surface area contributed by atoms with E-state index in [1.165, 1.54) is 10.1 Å². The highest BCUT2D eigenvalue weighted by Crippen LogP contribution is 2.31. The molecule has 27 heavy (non-hydrogen) atoms. The molecule has 0 atom stereocenters. The minimum absolute atomic E-state index is 0.151. The Bertz CT molecular complexity index is 1100. The van der Waals surface area contributed by atoms with Crippen LogP contribution in [0.2, 0.25) is 0 Å². The highest BCUT2D eigenvalue weighted by atomic mass is 32.1. The highest BCUT2D eigenvalue weighted by molar-refractivity contribution is 7.21. The van der Waals surface area contributed by atoms with E-state index in [2.05, 4.69) is 33.9 Å². The van der Waals surface area contributed by atoms with Gasteiger partial charge in [-0.3, -0.25) is 4.79 Å². The molecular formula is C21H20N4OS. The molecule has 0 saturated carbocycles. The van der Waals surface area contributed by atoms with Crippen LogP contribution in [-0.2, 0) is 0 Å². The predicted octanol–water partition coefficient (Wildman–Crippen LogP) is 4.05. The van der Waals surface area contributed by atoms with Crippen LogP contribution in [0.15, 0.2) is 48.5 Å². The molecule has 136 valence electrons. The normalized spacial score (nSPS) is 15.0. The van der Waals surface area contributed by atoms with E-state index >= 15 is 0 Å². The number of piperazine rings is 1. The van der Waals surface area contributed by atoms with E-state index in [0.29, 0.717) is 13.1 Å². The number of amides is 1. The van der Waals surface area contributed by atoms with Crippen LogP contribution in [0.1, 0.15) is 15.2 Å². The Morgan fingerprint density at radius 3 is 2.56 bits per heavy atom. The molecular weight excluding hydrogens is 356 g/mol. The number of para-hydroxylation sites is 2. The maximum atomic E-state index is 13.1. The molecule has 2 aromatic carbocycles. The average molecular weight is 376 g/mol. The van der Waals surface area contributed by atoms with Crippen molar-refractivity contribution in [1.29, 1.82) is 0 Å². The Kier molecular flexibility index (Phi) is 3.86. The fourth-order valence-corrected chi connectivity index (χ4v) is 4.91. The highest BCUT2D eigenvalue weighted by Gasteiger charge is 2.26. The van der Waals surface area contributed by atoms with E-state index in [-0.39, 0.29) is 5.91 Å². The first-order valence-electron chi connectivity index (χ1n) is 9.18. The van der Waals surface area contributed by atoms with Crippen molar-refractivity contribution in [1.82, 2.24) is 14.9 Å². The average Bonchev–Trinajstić information content (AvgIpc) is 3.29. The number of hydrogen-bond donors (Lipinski definition) is 1. The summed E-state index contributed by atoms with van der Waals surface area (Å²) < 4.78 is 1.18. The summed E-state index contributed by atoms with van der Waals surface area (Å²) in [5, 5.41) is 1.19. The second-order valence-corrected chi connectivity index (χ2v) is 7.96. The fraction of sp³-hybridized carbons (Fsp3) is 0.238. The minimum Gasteiger partial charge on any atom is -0.339 e. The maximum Gasteiger partial charge on any atom is 0.264 e. The summed E-state index contributed by atoms with van der Waals surface area (Å²) in [6.07, 6.45) is 0. The molecule has 0 spiro atoms. The lowest BCUT2D eigenvalue weighted by molar-refractivity contribution is 0.0750. The number of aromatic amines is 1. The number of imidazole rings is 1. The Balaban J connectivity index is 1.33. The third-order valence-electron chi connectivity index (χ3n) is 5.28. The number of anilines is 1. The summed E-state index contributed by atoms with van der Waals surface area (Å²) in [5.74, 6) is 1.04. The van der Waals surface area contributed by atoms with Crippen LogP contribution in [0.25, 0.3) is 21.1 Å². The first-order valence-corrected chi connectivity index (χ1v) is 9.99. The molecule has 1 saturated heterocycles. The maximum absolute atomic E-state index is 13.1. The number of carbonyl (C=O) groups is 1. The van der Waals surface area contributed by atoms with Crippen molar-refractivity contribution < 1.29 is 4.79 Å². The van der Waals surface area contributed by atoms with E-state index in [1.54, 1.807) is 11.3 Å². The SMILES string of the molecule is Cc1c(C(=O)N2CCN(c3nc4ccccc4[nH]3)CC2)sc2ccccc12. The number of rotatable bonds is 2. The topological polar surface area (TPSA) is 52.2 Å². The lowest BCUT2D eigenvalue weighted by atomic mass is 10.1. The molecule has 0 bridgehead atoms. The molecule has 5 nitrogen and oxygen atoms in total. The largest absolute Gasteiger partial charge is 0.339 e. The number of thiophene rings is 1. The van der Waals surface area contributed by atoms with Crippen LogP contribution >= 0.6 is 11.3 Å². The summed E-state index contributed by atoms with van der Waals surface area (Å²) in [7, 11) is 0. The number of nitrogens with one attached hydrogen (secondary N) is 1. The molecule has 0 unspecified atom stereocenters. The van der Waals surface area contributed by atoms with Crippen LogP contribution < -0.4 is 4.90 Å². The van der Waals surface area contributed by atoms with E-state index < -0.39 is 0 Å². The van der Waals surface area contributed by atoms with Crippen molar-refractivity contribution in [3.8, 4) is 0 Å². The second kappa shape index (κ2) is 6.39. The monoisotopic (exact) mass is 376 g/mol. The van der Waals surface area contributed by atoms with Gasteiger partial charge >= 0.3 is 0 Å². The zero-order valence-corrected chi connectivity index (χ0v) is 15.9. The number of nitrogens with zero attached hydrogens (tertiary/aromatic N) is 3. The van der Waals surface area contributed by atoms with Gasteiger partial charge in [0.15, 0.2) is 0 Å². The quantitative estimate of drug-likeness (QED) is 0.574. The Morgan fingerprint density at radius 1 is 1.04 bits per heavy atom. The van der Waals surface area contributed by atoms with Gasteiger partial charge in [-0.1, -0.05) is 30.3 Å². The Labute approximate surface area is 161 Å². The number of aryl methyl sites for hydroxylation is 1. The van der Waals surface area contributed by atoms with Gasteiger partial charge in [0.2, 0.25) is 5.95 Å². The van der Waals surface area contributed by atoms with Gasteiger partial charge < -0.3 is 14.8 Å². The Hall–Kier alpha value is -2.86. The van der Waals surface area contributed by atoms with E-state index in [1.807, 2.05) is 41.3 Å². The molecule has 1 aliphatic heterocycles. The standard InChI is InChI=1S/C21H20N4OS/c1-14-15-6-2-5-9-18(15)27-19(14)20(26)24-10-12-25(13-11-24)21-22-16-7-3-4-8-17(16)23-21/h2-9H,10-13H2,1H3,(H,22,23). The number of carbonyl (C=O) groups excluding carboxylic acids is 1.